The molecule has 1 amide bonds. The fourth-order valence-electron chi connectivity index (χ4n) is 1.91. The van der Waals surface area contributed by atoms with E-state index in [0.29, 0.717) is 5.92 Å². The van der Waals surface area contributed by atoms with E-state index in [1.807, 2.05) is 7.05 Å². The standard InChI is InChI=1S/C11H22N2O2/c1-11(2,12)10(14)13(3)7-9-5-4-6-15-8-9/h9H,4-8,12H2,1-3H3. The number of carbonyl (C=O) groups excluding carboxylic acids is 1. The number of nitrogens with two attached hydrogens (primary N) is 1. The van der Waals surface area contributed by atoms with Crippen LogP contribution in [-0.4, -0.2) is 43.2 Å². The van der Waals surface area contributed by atoms with Crippen LogP contribution in [-0.2, 0) is 9.53 Å². The van der Waals surface area contributed by atoms with E-state index >= 15 is 0 Å². The first-order valence-corrected chi connectivity index (χ1v) is 5.53. The molecule has 0 aromatic rings. The Kier molecular flexibility index (Phi) is 4.11. The van der Waals surface area contributed by atoms with Crippen LogP contribution in [0.15, 0.2) is 0 Å². The number of ether oxygens (including phenoxy) is 1. The van der Waals surface area contributed by atoms with Crippen molar-refractivity contribution in [2.75, 3.05) is 26.8 Å². The summed E-state index contributed by atoms with van der Waals surface area (Å²) in [5, 5.41) is 0. The van der Waals surface area contributed by atoms with Crippen molar-refractivity contribution in [1.82, 2.24) is 4.90 Å². The Labute approximate surface area is 91.8 Å². The van der Waals surface area contributed by atoms with Gasteiger partial charge in [-0.15, -0.1) is 0 Å². The molecule has 2 N–H and O–H groups in total. The van der Waals surface area contributed by atoms with Gasteiger partial charge in [0.1, 0.15) is 0 Å². The summed E-state index contributed by atoms with van der Waals surface area (Å²) in [4.78, 5) is 13.5. The lowest BCUT2D eigenvalue weighted by atomic mass is 10.00. The zero-order valence-corrected chi connectivity index (χ0v) is 9.95. The van der Waals surface area contributed by atoms with Crippen molar-refractivity contribution in [3.63, 3.8) is 0 Å². The summed E-state index contributed by atoms with van der Waals surface area (Å²) in [6, 6.07) is 0. The molecule has 4 nitrogen and oxygen atoms in total. The number of nitrogens with zero attached hydrogens (tertiary/aromatic N) is 1. The zero-order chi connectivity index (χ0) is 11.5. The number of amides is 1. The molecule has 1 atom stereocenters. The minimum absolute atomic E-state index is 0.00641. The molecule has 1 saturated heterocycles. The van der Waals surface area contributed by atoms with Crippen LogP contribution in [0.1, 0.15) is 26.7 Å². The van der Waals surface area contributed by atoms with E-state index in [0.717, 1.165) is 32.6 Å². The molecular weight excluding hydrogens is 192 g/mol. The second kappa shape index (κ2) is 4.94. The SMILES string of the molecule is CN(CC1CCCOC1)C(=O)C(C)(C)N. The fourth-order valence-corrected chi connectivity index (χ4v) is 1.91. The molecule has 0 spiro atoms. The van der Waals surface area contributed by atoms with Crippen molar-refractivity contribution in [3.05, 3.63) is 0 Å². The van der Waals surface area contributed by atoms with Crippen LogP contribution < -0.4 is 5.73 Å². The maximum atomic E-state index is 11.8. The number of hydrogen-bond donors (Lipinski definition) is 1. The molecule has 0 aliphatic carbocycles. The third-order valence-corrected chi connectivity index (χ3v) is 2.68. The van der Waals surface area contributed by atoms with Crippen LogP contribution in [0, 0.1) is 5.92 Å². The van der Waals surface area contributed by atoms with Crippen molar-refractivity contribution in [3.8, 4) is 0 Å². The van der Waals surface area contributed by atoms with Crippen LogP contribution in [0.25, 0.3) is 0 Å². The summed E-state index contributed by atoms with van der Waals surface area (Å²) >= 11 is 0. The van der Waals surface area contributed by atoms with Crippen molar-refractivity contribution in [2.24, 2.45) is 11.7 Å². The van der Waals surface area contributed by atoms with Gasteiger partial charge in [0.2, 0.25) is 5.91 Å². The smallest absolute Gasteiger partial charge is 0.241 e. The Balaban J connectivity index is 2.40. The number of hydrogen-bond acceptors (Lipinski definition) is 3. The van der Waals surface area contributed by atoms with E-state index < -0.39 is 5.54 Å². The van der Waals surface area contributed by atoms with Crippen LogP contribution in [0.4, 0.5) is 0 Å². The summed E-state index contributed by atoms with van der Waals surface area (Å²) < 4.78 is 5.38. The summed E-state index contributed by atoms with van der Waals surface area (Å²) in [7, 11) is 1.81. The quantitative estimate of drug-likeness (QED) is 0.749. The van der Waals surface area contributed by atoms with E-state index in [1.165, 1.54) is 0 Å². The predicted molar refractivity (Wildman–Crippen MR) is 59.4 cm³/mol. The Bertz CT molecular complexity index is 217. The van der Waals surface area contributed by atoms with Gasteiger partial charge in [-0.1, -0.05) is 0 Å². The first-order valence-electron chi connectivity index (χ1n) is 5.53. The van der Waals surface area contributed by atoms with Crippen molar-refractivity contribution in [2.45, 2.75) is 32.2 Å². The fraction of sp³-hybridized carbons (Fsp3) is 0.909. The van der Waals surface area contributed by atoms with E-state index in [4.69, 9.17) is 10.5 Å². The number of likely N-dealkylation sites (N-methyl/N-ethyl adjacent to an activating group) is 1. The van der Waals surface area contributed by atoms with E-state index in [9.17, 15) is 4.79 Å². The van der Waals surface area contributed by atoms with Gasteiger partial charge < -0.3 is 15.4 Å². The lowest BCUT2D eigenvalue weighted by Crippen LogP contribution is -2.51. The topological polar surface area (TPSA) is 55.6 Å². The maximum absolute atomic E-state index is 11.8. The Hall–Kier alpha value is -0.610. The average Bonchev–Trinajstić information content (AvgIpc) is 2.16. The first-order chi connectivity index (χ1) is 6.91. The third kappa shape index (κ3) is 3.80. The molecule has 1 unspecified atom stereocenters. The molecule has 88 valence electrons. The Morgan fingerprint density at radius 3 is 2.73 bits per heavy atom. The van der Waals surface area contributed by atoms with Gasteiger partial charge in [0.15, 0.2) is 0 Å². The lowest BCUT2D eigenvalue weighted by Gasteiger charge is -2.30. The molecule has 0 radical (unpaired) electrons. The normalized spacial score (nSPS) is 22.5. The molecule has 0 saturated carbocycles. The van der Waals surface area contributed by atoms with Crippen LogP contribution in [0.3, 0.4) is 0 Å². The predicted octanol–water partition coefficient (Wildman–Crippen LogP) is 0.609. The molecule has 1 fully saturated rings. The van der Waals surface area contributed by atoms with Crippen LogP contribution in [0.5, 0.6) is 0 Å². The highest BCUT2D eigenvalue weighted by Crippen LogP contribution is 2.15. The van der Waals surface area contributed by atoms with Gasteiger partial charge in [-0.3, -0.25) is 4.79 Å². The molecule has 0 bridgehead atoms. The van der Waals surface area contributed by atoms with Crippen LogP contribution >= 0.6 is 0 Å². The lowest BCUT2D eigenvalue weighted by molar-refractivity contribution is -0.135. The minimum atomic E-state index is -0.774. The Morgan fingerprint density at radius 1 is 1.60 bits per heavy atom. The zero-order valence-electron chi connectivity index (χ0n) is 9.95. The van der Waals surface area contributed by atoms with E-state index in [-0.39, 0.29) is 5.91 Å². The molecule has 4 heteroatoms. The van der Waals surface area contributed by atoms with Crippen molar-refractivity contribution < 1.29 is 9.53 Å². The largest absolute Gasteiger partial charge is 0.381 e. The van der Waals surface area contributed by atoms with Gasteiger partial charge in [0, 0.05) is 20.2 Å². The first kappa shape index (κ1) is 12.5. The number of carbonyl (C=O) groups is 1. The molecule has 15 heavy (non-hydrogen) atoms. The monoisotopic (exact) mass is 214 g/mol. The minimum Gasteiger partial charge on any atom is -0.381 e. The highest BCUT2D eigenvalue weighted by molar-refractivity contribution is 5.84. The molecule has 1 rings (SSSR count). The van der Waals surface area contributed by atoms with Gasteiger partial charge in [-0.05, 0) is 32.6 Å². The highest BCUT2D eigenvalue weighted by Gasteiger charge is 2.27. The van der Waals surface area contributed by atoms with Gasteiger partial charge in [0.05, 0.1) is 12.1 Å². The van der Waals surface area contributed by atoms with Crippen molar-refractivity contribution in [1.29, 1.82) is 0 Å². The van der Waals surface area contributed by atoms with Gasteiger partial charge in [0.25, 0.3) is 0 Å². The molecular formula is C11H22N2O2. The van der Waals surface area contributed by atoms with Crippen LogP contribution in [0.2, 0.25) is 0 Å². The third-order valence-electron chi connectivity index (χ3n) is 2.68. The highest BCUT2D eigenvalue weighted by atomic mass is 16.5. The van der Waals surface area contributed by atoms with Gasteiger partial charge >= 0.3 is 0 Å². The summed E-state index contributed by atoms with van der Waals surface area (Å²) in [6.45, 7) is 5.85. The van der Waals surface area contributed by atoms with E-state index in [2.05, 4.69) is 0 Å². The van der Waals surface area contributed by atoms with Gasteiger partial charge in [-0.2, -0.15) is 0 Å². The molecule has 1 heterocycles. The molecule has 0 aromatic heterocycles. The number of rotatable bonds is 3. The maximum Gasteiger partial charge on any atom is 0.241 e. The molecule has 1 aliphatic heterocycles. The summed E-state index contributed by atoms with van der Waals surface area (Å²) in [5.74, 6) is 0.461. The second-order valence-corrected chi connectivity index (χ2v) is 4.99. The summed E-state index contributed by atoms with van der Waals surface area (Å²) in [5.41, 5.74) is 4.99. The molecule has 1 aliphatic rings. The second-order valence-electron chi connectivity index (χ2n) is 4.99. The Morgan fingerprint density at radius 2 is 2.27 bits per heavy atom. The summed E-state index contributed by atoms with van der Waals surface area (Å²) in [6.07, 6.45) is 2.24. The molecule has 0 aromatic carbocycles. The van der Waals surface area contributed by atoms with E-state index in [1.54, 1.807) is 18.7 Å². The average molecular weight is 214 g/mol. The van der Waals surface area contributed by atoms with Crippen molar-refractivity contribution >= 4 is 5.91 Å². The van der Waals surface area contributed by atoms with Gasteiger partial charge in [-0.25, -0.2) is 0 Å².